The van der Waals surface area contributed by atoms with Crippen molar-refractivity contribution in [2.45, 2.75) is 109 Å². The Hall–Kier alpha value is -1.36. The Kier molecular flexibility index (Phi) is 9.46. The number of aliphatic hydroxyl groups is 1. The van der Waals surface area contributed by atoms with Crippen LogP contribution >= 0.6 is 0 Å². The summed E-state index contributed by atoms with van der Waals surface area (Å²) in [4.78, 5) is 2.21. The molecule has 0 amide bonds. The highest BCUT2D eigenvalue weighted by Gasteiger charge is 2.38. The molecule has 0 aromatic heterocycles. The second-order valence-corrected chi connectivity index (χ2v) is 9.97. The van der Waals surface area contributed by atoms with Crippen LogP contribution in [0.2, 0.25) is 0 Å². The van der Waals surface area contributed by atoms with Gasteiger partial charge in [0.05, 0.1) is 16.7 Å². The fourth-order valence-corrected chi connectivity index (χ4v) is 4.60. The lowest BCUT2D eigenvalue weighted by atomic mass is 9.88. The number of rotatable bonds is 8. The standard InChI is InChI=1S/C24H36F6N2O2/c1-6-19-11-18(12-20(7-2)32(19)14-21(33)34-22(3,4)5)31-13-15-8-16(23(25,26)27)10-17(9-15)24(28,29)30/h8-10,18-21,31,33H,6-7,11-14H2,1-5H3/t19-,20-,21?/m0/s1. The third-order valence-corrected chi connectivity index (χ3v) is 6.09. The summed E-state index contributed by atoms with van der Waals surface area (Å²) < 4.78 is 84.6. The molecule has 10 heteroatoms. The van der Waals surface area contributed by atoms with Crippen molar-refractivity contribution in [3.8, 4) is 0 Å². The number of ether oxygens (including phenoxy) is 1. The number of likely N-dealkylation sites (tertiary alicyclic amines) is 1. The normalized spacial score (nSPS) is 23.8. The molecule has 1 aromatic rings. The van der Waals surface area contributed by atoms with Crippen LogP contribution in [-0.4, -0.2) is 46.6 Å². The lowest BCUT2D eigenvalue weighted by molar-refractivity contribution is -0.182. The van der Waals surface area contributed by atoms with Crippen LogP contribution in [0.5, 0.6) is 0 Å². The molecule has 2 rings (SSSR count). The molecule has 4 nitrogen and oxygen atoms in total. The molecule has 0 radical (unpaired) electrons. The van der Waals surface area contributed by atoms with Gasteiger partial charge in [0.2, 0.25) is 0 Å². The maximum Gasteiger partial charge on any atom is 0.416 e. The molecule has 3 atom stereocenters. The van der Waals surface area contributed by atoms with Gasteiger partial charge in [-0.05, 0) is 70.2 Å². The van der Waals surface area contributed by atoms with E-state index in [-0.39, 0.29) is 36.3 Å². The van der Waals surface area contributed by atoms with Gasteiger partial charge in [-0.1, -0.05) is 13.8 Å². The molecule has 196 valence electrons. The summed E-state index contributed by atoms with van der Waals surface area (Å²) in [7, 11) is 0. The number of hydrogen-bond acceptors (Lipinski definition) is 4. The number of halogens is 6. The fraction of sp³-hybridized carbons (Fsp3) is 0.750. The predicted octanol–water partition coefficient (Wildman–Crippen LogP) is 5.97. The first-order valence-corrected chi connectivity index (χ1v) is 11.7. The van der Waals surface area contributed by atoms with E-state index < -0.39 is 35.4 Å². The average Bonchev–Trinajstić information content (AvgIpc) is 2.69. The van der Waals surface area contributed by atoms with Gasteiger partial charge in [0.25, 0.3) is 0 Å². The zero-order valence-corrected chi connectivity index (χ0v) is 20.4. The van der Waals surface area contributed by atoms with Gasteiger partial charge in [-0.25, -0.2) is 0 Å². The molecule has 0 spiro atoms. The SMILES string of the molecule is CC[C@H]1CC(NCc2cc(C(F)(F)F)cc(C(F)(F)F)c2)C[C@H](CC)N1CC(O)OC(C)(C)C. The molecular weight excluding hydrogens is 462 g/mol. The average molecular weight is 499 g/mol. The van der Waals surface area contributed by atoms with E-state index in [1.165, 1.54) is 0 Å². The van der Waals surface area contributed by atoms with E-state index >= 15 is 0 Å². The molecule has 1 heterocycles. The Morgan fingerprint density at radius 3 is 1.79 bits per heavy atom. The van der Waals surface area contributed by atoms with Crippen LogP contribution in [0.4, 0.5) is 26.3 Å². The smallest absolute Gasteiger partial charge is 0.367 e. The summed E-state index contributed by atoms with van der Waals surface area (Å²) in [5, 5.41) is 13.6. The van der Waals surface area contributed by atoms with Gasteiger partial charge in [-0.3, -0.25) is 4.90 Å². The van der Waals surface area contributed by atoms with Gasteiger partial charge in [-0.2, -0.15) is 26.3 Å². The van der Waals surface area contributed by atoms with Crippen molar-refractivity contribution in [1.82, 2.24) is 10.2 Å². The van der Waals surface area contributed by atoms with Gasteiger partial charge in [0, 0.05) is 31.2 Å². The fourth-order valence-electron chi connectivity index (χ4n) is 4.60. The molecular formula is C24H36F6N2O2. The number of nitrogens with zero attached hydrogens (tertiary/aromatic N) is 1. The van der Waals surface area contributed by atoms with Gasteiger partial charge in [0.1, 0.15) is 0 Å². The maximum atomic E-state index is 13.2. The van der Waals surface area contributed by atoms with Crippen molar-refractivity contribution in [3.05, 3.63) is 34.9 Å². The van der Waals surface area contributed by atoms with Crippen LogP contribution in [0.25, 0.3) is 0 Å². The Labute approximate surface area is 197 Å². The predicted molar refractivity (Wildman–Crippen MR) is 118 cm³/mol. The van der Waals surface area contributed by atoms with Gasteiger partial charge < -0.3 is 15.2 Å². The quantitative estimate of drug-likeness (QED) is 0.343. The Balaban J connectivity index is 2.13. The number of aliphatic hydroxyl groups excluding tert-OH is 1. The van der Waals surface area contributed by atoms with Gasteiger partial charge in [0.15, 0.2) is 6.29 Å². The highest BCUT2D eigenvalue weighted by atomic mass is 19.4. The minimum absolute atomic E-state index is 0.0559. The van der Waals surface area contributed by atoms with Crippen LogP contribution in [0.3, 0.4) is 0 Å². The van der Waals surface area contributed by atoms with Gasteiger partial charge in [-0.15, -0.1) is 0 Å². The zero-order valence-electron chi connectivity index (χ0n) is 20.4. The van der Waals surface area contributed by atoms with Crippen LogP contribution in [0, 0.1) is 0 Å². The lowest BCUT2D eigenvalue weighted by Crippen LogP contribution is -2.56. The third kappa shape index (κ3) is 8.39. The first-order valence-electron chi connectivity index (χ1n) is 11.7. The highest BCUT2D eigenvalue weighted by molar-refractivity contribution is 5.33. The van der Waals surface area contributed by atoms with E-state index in [1.807, 2.05) is 34.6 Å². The maximum absolute atomic E-state index is 13.2. The topological polar surface area (TPSA) is 44.7 Å². The summed E-state index contributed by atoms with van der Waals surface area (Å²) >= 11 is 0. The molecule has 1 saturated heterocycles. The van der Waals surface area contributed by atoms with E-state index in [2.05, 4.69) is 10.2 Å². The largest absolute Gasteiger partial charge is 0.416 e. The summed E-state index contributed by atoms with van der Waals surface area (Å²) in [6.45, 7) is 9.86. The molecule has 1 unspecified atom stereocenters. The van der Waals surface area contributed by atoms with Crippen LogP contribution < -0.4 is 5.32 Å². The van der Waals surface area contributed by atoms with Crippen LogP contribution in [0.15, 0.2) is 18.2 Å². The molecule has 1 aliphatic rings. The number of benzene rings is 1. The molecule has 1 aliphatic heterocycles. The summed E-state index contributed by atoms with van der Waals surface area (Å²) in [6.07, 6.45) is -7.77. The van der Waals surface area contributed by atoms with Crippen molar-refractivity contribution >= 4 is 0 Å². The molecule has 2 N–H and O–H groups in total. The van der Waals surface area contributed by atoms with E-state index in [0.717, 1.165) is 25.0 Å². The summed E-state index contributed by atoms with van der Waals surface area (Å²) in [5.41, 5.74) is -3.16. The third-order valence-electron chi connectivity index (χ3n) is 6.09. The lowest BCUT2D eigenvalue weighted by Gasteiger charge is -2.46. The van der Waals surface area contributed by atoms with Gasteiger partial charge >= 0.3 is 12.4 Å². The first kappa shape index (κ1) is 28.9. The second kappa shape index (κ2) is 11.1. The van der Waals surface area contributed by atoms with E-state index in [1.54, 1.807) is 0 Å². The monoisotopic (exact) mass is 498 g/mol. The summed E-state index contributed by atoms with van der Waals surface area (Å²) in [5.74, 6) is 0. The van der Waals surface area contributed by atoms with Crippen LogP contribution in [-0.2, 0) is 23.6 Å². The molecule has 0 aliphatic carbocycles. The number of hydrogen-bond donors (Lipinski definition) is 2. The summed E-state index contributed by atoms with van der Waals surface area (Å²) in [6, 6.07) is 1.81. The zero-order chi connectivity index (χ0) is 25.9. The molecule has 1 fully saturated rings. The van der Waals surface area contributed by atoms with E-state index in [0.29, 0.717) is 19.4 Å². The van der Waals surface area contributed by atoms with Crippen molar-refractivity contribution in [2.24, 2.45) is 0 Å². The minimum atomic E-state index is -4.86. The van der Waals surface area contributed by atoms with Crippen molar-refractivity contribution < 1.29 is 36.2 Å². The number of β-amino-alcohol motifs (C(OH)–C–C–N with tert-alkyl or cyclic N) is 1. The van der Waals surface area contributed by atoms with Crippen LogP contribution in [0.1, 0.15) is 77.0 Å². The number of piperidine rings is 1. The number of alkyl halides is 6. The van der Waals surface area contributed by atoms with Crippen molar-refractivity contribution in [3.63, 3.8) is 0 Å². The van der Waals surface area contributed by atoms with E-state index in [4.69, 9.17) is 4.74 Å². The minimum Gasteiger partial charge on any atom is -0.367 e. The van der Waals surface area contributed by atoms with E-state index in [9.17, 15) is 31.4 Å². The molecule has 0 bridgehead atoms. The van der Waals surface area contributed by atoms with Crippen molar-refractivity contribution in [2.75, 3.05) is 6.54 Å². The molecule has 0 saturated carbocycles. The molecule has 34 heavy (non-hydrogen) atoms. The second-order valence-electron chi connectivity index (χ2n) is 9.97. The first-order chi connectivity index (χ1) is 15.5. The van der Waals surface area contributed by atoms with Crippen molar-refractivity contribution in [1.29, 1.82) is 0 Å². The Morgan fingerprint density at radius 1 is 0.941 bits per heavy atom. The Morgan fingerprint density at radius 2 is 1.41 bits per heavy atom. The number of nitrogens with one attached hydrogen (secondary N) is 1. The molecule has 1 aromatic carbocycles. The Bertz CT molecular complexity index is 745. The highest BCUT2D eigenvalue weighted by Crippen LogP contribution is 2.36.